The Bertz CT molecular complexity index is 189. The van der Waals surface area contributed by atoms with Gasteiger partial charge in [-0.05, 0) is 12.8 Å². The van der Waals surface area contributed by atoms with Crippen molar-refractivity contribution in [1.29, 1.82) is 0 Å². The van der Waals surface area contributed by atoms with Crippen LogP contribution >= 0.6 is 0 Å². The third-order valence-electron chi connectivity index (χ3n) is 1.46. The van der Waals surface area contributed by atoms with Crippen LogP contribution in [0.4, 0.5) is 0 Å². The van der Waals surface area contributed by atoms with Crippen molar-refractivity contribution < 1.29 is 9.90 Å². The van der Waals surface area contributed by atoms with Gasteiger partial charge in [-0.15, -0.1) is 0 Å². The first-order chi connectivity index (χ1) is 6.02. The summed E-state index contributed by atoms with van der Waals surface area (Å²) in [6.07, 6.45) is 1.30. The summed E-state index contributed by atoms with van der Waals surface area (Å²) < 4.78 is 0. The van der Waals surface area contributed by atoms with Gasteiger partial charge in [-0.1, -0.05) is 0 Å². The number of hydrogen-bond acceptors (Lipinski definition) is 3. The maximum atomic E-state index is 10.2. The highest BCUT2D eigenvalue weighted by Crippen LogP contribution is 1.98. The molecule has 0 saturated heterocycles. The van der Waals surface area contributed by atoms with Gasteiger partial charge in [-0.3, -0.25) is 9.79 Å². The average Bonchev–Trinajstić information content (AvgIpc) is 1.96. The first kappa shape index (κ1) is 11.7. The van der Waals surface area contributed by atoms with Crippen molar-refractivity contribution in [2.24, 2.45) is 22.2 Å². The van der Waals surface area contributed by atoms with Crippen molar-refractivity contribution in [3.05, 3.63) is 0 Å². The zero-order chi connectivity index (χ0) is 10.3. The lowest BCUT2D eigenvalue weighted by Crippen LogP contribution is -2.25. The van der Waals surface area contributed by atoms with Gasteiger partial charge in [0.15, 0.2) is 5.96 Å². The largest absolute Gasteiger partial charge is 0.481 e. The Morgan fingerprint density at radius 3 is 2.54 bits per heavy atom. The fourth-order valence-corrected chi connectivity index (χ4v) is 0.888. The first-order valence-electron chi connectivity index (χ1n) is 4.05. The van der Waals surface area contributed by atoms with Crippen molar-refractivity contribution in [3.8, 4) is 0 Å². The quantitative estimate of drug-likeness (QED) is 0.237. The minimum absolute atomic E-state index is 0.0121. The fourth-order valence-electron chi connectivity index (χ4n) is 0.888. The second-order valence-electron chi connectivity index (χ2n) is 2.81. The molecule has 0 aliphatic rings. The van der Waals surface area contributed by atoms with Gasteiger partial charge >= 0.3 is 5.97 Å². The van der Waals surface area contributed by atoms with Gasteiger partial charge in [-0.2, -0.15) is 0 Å². The average molecular weight is 188 g/mol. The van der Waals surface area contributed by atoms with Crippen LogP contribution in [0.25, 0.3) is 0 Å². The number of aliphatic carboxylic acids is 1. The number of aliphatic imine (C=N–C) groups is 1. The van der Waals surface area contributed by atoms with Crippen molar-refractivity contribution in [1.82, 2.24) is 0 Å². The molecule has 0 rings (SSSR count). The number of hydrogen-bond donors (Lipinski definition) is 4. The molecule has 0 saturated carbocycles. The Hall–Kier alpha value is -1.30. The smallest absolute Gasteiger partial charge is 0.304 e. The molecule has 0 aromatic carbocycles. The summed E-state index contributed by atoms with van der Waals surface area (Å²) in [6, 6.07) is -0.313. The molecule has 0 aromatic rings. The molecule has 6 heteroatoms. The van der Waals surface area contributed by atoms with Gasteiger partial charge in [0.1, 0.15) is 0 Å². The molecule has 0 aromatic heterocycles. The third kappa shape index (κ3) is 8.61. The number of carboxylic acid groups (broad SMARTS) is 1. The fraction of sp³-hybridized carbons (Fsp3) is 0.714. The number of nitrogens with zero attached hydrogens (tertiary/aromatic N) is 1. The highest BCUT2D eigenvalue weighted by atomic mass is 16.4. The Kier molecular flexibility index (Phi) is 5.62. The van der Waals surface area contributed by atoms with Gasteiger partial charge in [0.25, 0.3) is 0 Å². The van der Waals surface area contributed by atoms with E-state index in [0.29, 0.717) is 19.4 Å². The van der Waals surface area contributed by atoms with Crippen molar-refractivity contribution >= 4 is 11.9 Å². The lowest BCUT2D eigenvalue weighted by atomic mass is 10.1. The van der Waals surface area contributed by atoms with E-state index in [0.717, 1.165) is 0 Å². The molecule has 0 radical (unpaired) electrons. The van der Waals surface area contributed by atoms with Crippen LogP contribution in [0, 0.1) is 0 Å². The molecule has 0 spiro atoms. The Labute approximate surface area is 76.8 Å². The van der Waals surface area contributed by atoms with Crippen LogP contribution < -0.4 is 17.2 Å². The predicted molar refractivity (Wildman–Crippen MR) is 50.1 cm³/mol. The molecule has 6 nitrogen and oxygen atoms in total. The zero-order valence-electron chi connectivity index (χ0n) is 7.44. The number of carboxylic acids is 1. The first-order valence-corrected chi connectivity index (χ1v) is 4.05. The van der Waals surface area contributed by atoms with Crippen molar-refractivity contribution in [3.63, 3.8) is 0 Å². The number of carbonyl (C=O) groups is 1. The Morgan fingerprint density at radius 1 is 1.46 bits per heavy atom. The number of rotatable bonds is 6. The summed E-state index contributed by atoms with van der Waals surface area (Å²) in [5.41, 5.74) is 15.7. The molecule has 7 N–H and O–H groups in total. The maximum Gasteiger partial charge on any atom is 0.304 e. The van der Waals surface area contributed by atoms with Gasteiger partial charge in [-0.25, -0.2) is 0 Å². The maximum absolute atomic E-state index is 10.2. The van der Waals surface area contributed by atoms with Gasteiger partial charge in [0.05, 0.1) is 6.42 Å². The summed E-state index contributed by atoms with van der Waals surface area (Å²) in [7, 11) is 0. The van der Waals surface area contributed by atoms with E-state index in [4.69, 9.17) is 22.3 Å². The minimum atomic E-state index is -0.880. The summed E-state index contributed by atoms with van der Waals surface area (Å²) in [4.78, 5) is 13.9. The van der Waals surface area contributed by atoms with E-state index >= 15 is 0 Å². The van der Waals surface area contributed by atoms with E-state index in [9.17, 15) is 4.79 Å². The summed E-state index contributed by atoms with van der Waals surface area (Å²) in [6.45, 7) is 0.496. The Balaban J connectivity index is 3.42. The summed E-state index contributed by atoms with van der Waals surface area (Å²) in [5.74, 6) is -0.832. The lowest BCUT2D eigenvalue weighted by Gasteiger charge is -2.06. The van der Waals surface area contributed by atoms with E-state index in [2.05, 4.69) is 4.99 Å². The van der Waals surface area contributed by atoms with Crippen molar-refractivity contribution in [2.45, 2.75) is 25.3 Å². The van der Waals surface area contributed by atoms with E-state index < -0.39 is 5.97 Å². The highest BCUT2D eigenvalue weighted by molar-refractivity contribution is 5.75. The van der Waals surface area contributed by atoms with E-state index in [1.807, 2.05) is 0 Å². The van der Waals surface area contributed by atoms with Crippen LogP contribution in [0.15, 0.2) is 4.99 Å². The summed E-state index contributed by atoms with van der Waals surface area (Å²) >= 11 is 0. The normalized spacial score (nSPS) is 12.1. The molecule has 0 unspecified atom stereocenters. The molecule has 0 aliphatic carbocycles. The monoisotopic (exact) mass is 188 g/mol. The molecule has 1 atom stereocenters. The zero-order valence-corrected chi connectivity index (χ0v) is 7.44. The van der Waals surface area contributed by atoms with Gasteiger partial charge in [0.2, 0.25) is 0 Å². The van der Waals surface area contributed by atoms with Crippen LogP contribution in [-0.4, -0.2) is 29.6 Å². The van der Waals surface area contributed by atoms with Gasteiger partial charge in [0, 0.05) is 12.6 Å². The highest BCUT2D eigenvalue weighted by Gasteiger charge is 2.06. The second-order valence-corrected chi connectivity index (χ2v) is 2.81. The Morgan fingerprint density at radius 2 is 2.08 bits per heavy atom. The third-order valence-corrected chi connectivity index (χ3v) is 1.46. The molecule has 0 fully saturated rings. The van der Waals surface area contributed by atoms with Crippen LogP contribution in [0.2, 0.25) is 0 Å². The molecular formula is C7H16N4O2. The van der Waals surface area contributed by atoms with E-state index in [-0.39, 0.29) is 18.4 Å². The standard InChI is InChI=1S/C7H16N4O2/c8-5(4-6(12)13)2-1-3-11-7(9)10/h5H,1-4,8H2,(H,12,13)(H4,9,10,11)/t5-/m0/s1. The van der Waals surface area contributed by atoms with Crippen molar-refractivity contribution in [2.75, 3.05) is 6.54 Å². The van der Waals surface area contributed by atoms with Crippen LogP contribution in [0.1, 0.15) is 19.3 Å². The molecule has 13 heavy (non-hydrogen) atoms. The molecule has 0 heterocycles. The second kappa shape index (κ2) is 6.24. The predicted octanol–water partition coefficient (Wildman–Crippen LogP) is -1.16. The molecule has 0 bridgehead atoms. The van der Waals surface area contributed by atoms with Crippen LogP contribution in [0.3, 0.4) is 0 Å². The lowest BCUT2D eigenvalue weighted by molar-refractivity contribution is -0.137. The van der Waals surface area contributed by atoms with Gasteiger partial charge < -0.3 is 22.3 Å². The van der Waals surface area contributed by atoms with Crippen LogP contribution in [0.5, 0.6) is 0 Å². The van der Waals surface area contributed by atoms with E-state index in [1.165, 1.54) is 0 Å². The topological polar surface area (TPSA) is 128 Å². The molecular weight excluding hydrogens is 172 g/mol. The molecule has 0 aliphatic heterocycles. The molecule has 0 amide bonds. The van der Waals surface area contributed by atoms with Crippen LogP contribution in [-0.2, 0) is 4.79 Å². The van der Waals surface area contributed by atoms with E-state index in [1.54, 1.807) is 0 Å². The number of nitrogens with two attached hydrogens (primary N) is 3. The summed E-state index contributed by atoms with van der Waals surface area (Å²) in [5, 5.41) is 8.38. The minimum Gasteiger partial charge on any atom is -0.481 e. The SMILES string of the molecule is NC(N)=NCCC[C@H](N)CC(=O)O. The number of guanidine groups is 1. The molecule has 76 valence electrons.